The van der Waals surface area contributed by atoms with Gasteiger partial charge < -0.3 is 14.5 Å². The number of rotatable bonds is 2. The molecule has 6 heteroatoms. The van der Waals surface area contributed by atoms with Gasteiger partial charge in [0.25, 0.3) is 0 Å². The Morgan fingerprint density at radius 2 is 1.73 bits per heavy atom. The fourth-order valence-corrected chi connectivity index (χ4v) is 4.45. The van der Waals surface area contributed by atoms with Gasteiger partial charge in [-0.25, -0.2) is 4.79 Å². The van der Waals surface area contributed by atoms with Crippen molar-refractivity contribution in [3.8, 4) is 0 Å². The first-order chi connectivity index (χ1) is 14.5. The number of amides is 2. The molecule has 0 bridgehead atoms. The van der Waals surface area contributed by atoms with E-state index in [1.807, 2.05) is 67.3 Å². The third-order valence-electron chi connectivity index (χ3n) is 5.85. The van der Waals surface area contributed by atoms with Crippen molar-refractivity contribution in [2.45, 2.75) is 45.6 Å². The fraction of sp³-hybridized carbons (Fsp3) is 0.417. The van der Waals surface area contributed by atoms with Crippen LogP contribution in [0.5, 0.6) is 0 Å². The van der Waals surface area contributed by atoms with Crippen LogP contribution in [0.1, 0.15) is 44.7 Å². The van der Waals surface area contributed by atoms with E-state index in [0.717, 1.165) is 29.7 Å². The summed E-state index contributed by atoms with van der Waals surface area (Å²) in [5.74, 6) is 0.0325. The zero-order valence-electron chi connectivity index (χ0n) is 17.9. The minimum Gasteiger partial charge on any atom is -0.445 e. The first kappa shape index (κ1) is 22.2. The van der Waals surface area contributed by atoms with Crippen LogP contribution in [0.3, 0.4) is 0 Å². The molecular formula is C24H29ClN2O3. The molecular weight excluding hydrogens is 400 g/mol. The Hall–Kier alpha value is -2.53. The molecule has 4 rings (SSSR count). The summed E-state index contributed by atoms with van der Waals surface area (Å²) in [5, 5.41) is 0.674. The summed E-state index contributed by atoms with van der Waals surface area (Å²) in [6.07, 6.45) is 1.28. The van der Waals surface area contributed by atoms with E-state index in [1.165, 1.54) is 0 Å². The summed E-state index contributed by atoms with van der Waals surface area (Å²) in [7, 11) is 0. The third kappa shape index (κ3) is 4.46. The Balaban J connectivity index is 0.00000124. The van der Waals surface area contributed by atoms with E-state index in [9.17, 15) is 9.59 Å². The van der Waals surface area contributed by atoms with Crippen molar-refractivity contribution in [2.24, 2.45) is 0 Å². The van der Waals surface area contributed by atoms with Crippen molar-refractivity contribution in [2.75, 3.05) is 24.5 Å². The zero-order valence-corrected chi connectivity index (χ0v) is 18.6. The Labute approximate surface area is 183 Å². The molecule has 2 heterocycles. The maximum Gasteiger partial charge on any atom is 0.410 e. The first-order valence-electron chi connectivity index (χ1n) is 10.5. The van der Waals surface area contributed by atoms with Crippen molar-refractivity contribution in [1.29, 1.82) is 0 Å². The number of piperidine rings is 1. The van der Waals surface area contributed by atoms with E-state index < -0.39 is 0 Å². The van der Waals surface area contributed by atoms with Crippen molar-refractivity contribution in [1.82, 2.24) is 4.90 Å². The van der Waals surface area contributed by atoms with Gasteiger partial charge in [-0.15, -0.1) is 0 Å². The van der Waals surface area contributed by atoms with Crippen molar-refractivity contribution in [3.05, 3.63) is 64.7 Å². The van der Waals surface area contributed by atoms with Gasteiger partial charge in [0, 0.05) is 42.7 Å². The SMILES string of the molecule is CC.CC(=O)N1CC2(CCN(C(=O)OCc3ccccc3)CC2)c2cc(Cl)ccc21. The Morgan fingerprint density at radius 3 is 2.37 bits per heavy atom. The Morgan fingerprint density at radius 1 is 1.07 bits per heavy atom. The topological polar surface area (TPSA) is 49.9 Å². The standard InChI is InChI=1S/C22H23ClN2O3.C2H6/c1-16(26)25-15-22(19-13-18(23)7-8-20(19)25)9-11-24(12-10-22)21(27)28-14-17-5-3-2-4-6-17;1-2/h2-8,13H,9-12,14-15H2,1H3;1-2H3. The summed E-state index contributed by atoms with van der Waals surface area (Å²) in [4.78, 5) is 28.2. The number of benzene rings is 2. The minimum atomic E-state index is -0.286. The monoisotopic (exact) mass is 428 g/mol. The number of hydrogen-bond acceptors (Lipinski definition) is 3. The molecule has 160 valence electrons. The fourth-order valence-electron chi connectivity index (χ4n) is 4.28. The molecule has 2 aromatic rings. The molecule has 0 saturated carbocycles. The average Bonchev–Trinajstić information content (AvgIpc) is 3.08. The van der Waals surface area contributed by atoms with E-state index in [-0.39, 0.29) is 24.0 Å². The predicted octanol–water partition coefficient (Wildman–Crippen LogP) is 5.40. The van der Waals surface area contributed by atoms with Gasteiger partial charge in [-0.1, -0.05) is 55.8 Å². The van der Waals surface area contributed by atoms with Gasteiger partial charge >= 0.3 is 6.09 Å². The summed E-state index contributed by atoms with van der Waals surface area (Å²) < 4.78 is 5.47. The van der Waals surface area contributed by atoms with Gasteiger partial charge in [-0.3, -0.25) is 4.79 Å². The van der Waals surface area contributed by atoms with Crippen LogP contribution in [-0.2, 0) is 21.6 Å². The van der Waals surface area contributed by atoms with Crippen LogP contribution in [0.2, 0.25) is 5.02 Å². The third-order valence-corrected chi connectivity index (χ3v) is 6.08. The van der Waals surface area contributed by atoms with Crippen LogP contribution in [0.4, 0.5) is 10.5 Å². The van der Waals surface area contributed by atoms with Crippen LogP contribution >= 0.6 is 11.6 Å². The second-order valence-corrected chi connectivity index (χ2v) is 8.01. The minimum absolute atomic E-state index is 0.0325. The molecule has 5 nitrogen and oxygen atoms in total. The lowest BCUT2D eigenvalue weighted by Crippen LogP contribution is -2.47. The van der Waals surface area contributed by atoms with Crippen LogP contribution in [-0.4, -0.2) is 36.5 Å². The highest BCUT2D eigenvalue weighted by Crippen LogP contribution is 2.48. The number of fused-ring (bicyclic) bond motifs is 2. The van der Waals surface area contributed by atoms with Crippen molar-refractivity contribution in [3.63, 3.8) is 0 Å². The van der Waals surface area contributed by atoms with Gasteiger partial charge in [0.1, 0.15) is 6.61 Å². The van der Waals surface area contributed by atoms with Crippen molar-refractivity contribution < 1.29 is 14.3 Å². The maximum absolute atomic E-state index is 12.5. The number of carbonyl (C=O) groups excluding carboxylic acids is 2. The highest BCUT2D eigenvalue weighted by molar-refractivity contribution is 6.30. The molecule has 0 aliphatic carbocycles. The summed E-state index contributed by atoms with van der Waals surface area (Å²) in [6, 6.07) is 15.4. The molecule has 0 unspecified atom stereocenters. The van der Waals surface area contributed by atoms with Gasteiger partial charge in [0.2, 0.25) is 5.91 Å². The lowest BCUT2D eigenvalue weighted by molar-refractivity contribution is -0.116. The Kier molecular flexibility index (Phi) is 7.03. The van der Waals surface area contributed by atoms with E-state index in [4.69, 9.17) is 16.3 Å². The van der Waals surface area contributed by atoms with Crippen LogP contribution in [0.25, 0.3) is 0 Å². The molecule has 2 aliphatic rings. The molecule has 1 spiro atoms. The maximum atomic E-state index is 12.5. The summed E-state index contributed by atoms with van der Waals surface area (Å²) in [6.45, 7) is 7.72. The number of carbonyl (C=O) groups is 2. The molecule has 0 radical (unpaired) electrons. The van der Waals surface area contributed by atoms with Gasteiger partial charge in [-0.05, 0) is 42.2 Å². The van der Waals surface area contributed by atoms with E-state index >= 15 is 0 Å². The zero-order chi connectivity index (χ0) is 21.7. The van der Waals surface area contributed by atoms with Gasteiger partial charge in [0.15, 0.2) is 0 Å². The van der Waals surface area contributed by atoms with E-state index in [2.05, 4.69) is 0 Å². The number of ether oxygens (including phenoxy) is 1. The molecule has 30 heavy (non-hydrogen) atoms. The highest BCUT2D eigenvalue weighted by Gasteiger charge is 2.46. The van der Waals surface area contributed by atoms with Crippen LogP contribution in [0, 0.1) is 0 Å². The molecule has 1 saturated heterocycles. The van der Waals surface area contributed by atoms with Gasteiger partial charge in [-0.2, -0.15) is 0 Å². The molecule has 2 aromatic carbocycles. The molecule has 0 atom stereocenters. The van der Waals surface area contributed by atoms with Gasteiger partial charge in [0.05, 0.1) is 0 Å². The normalized spacial score (nSPS) is 16.5. The van der Waals surface area contributed by atoms with Crippen LogP contribution < -0.4 is 4.90 Å². The molecule has 2 amide bonds. The number of nitrogens with zero attached hydrogens (tertiary/aromatic N) is 2. The van der Waals surface area contributed by atoms with E-state index in [0.29, 0.717) is 24.7 Å². The second-order valence-electron chi connectivity index (χ2n) is 7.57. The summed E-state index contributed by atoms with van der Waals surface area (Å²) in [5.41, 5.74) is 2.88. The lowest BCUT2D eigenvalue weighted by Gasteiger charge is -2.39. The Bertz CT molecular complexity index is 893. The number of anilines is 1. The highest BCUT2D eigenvalue weighted by atomic mass is 35.5. The van der Waals surface area contributed by atoms with Crippen LogP contribution in [0.15, 0.2) is 48.5 Å². The lowest BCUT2D eigenvalue weighted by atomic mass is 9.74. The smallest absolute Gasteiger partial charge is 0.410 e. The number of likely N-dealkylation sites (tertiary alicyclic amines) is 1. The second kappa shape index (κ2) is 9.52. The predicted molar refractivity (Wildman–Crippen MR) is 120 cm³/mol. The largest absolute Gasteiger partial charge is 0.445 e. The first-order valence-corrected chi connectivity index (χ1v) is 10.9. The quantitative estimate of drug-likeness (QED) is 0.643. The van der Waals surface area contributed by atoms with Crippen molar-refractivity contribution >= 4 is 29.3 Å². The molecule has 0 N–H and O–H groups in total. The average molecular weight is 429 g/mol. The summed E-state index contributed by atoms with van der Waals surface area (Å²) >= 11 is 6.24. The van der Waals surface area contributed by atoms with E-state index in [1.54, 1.807) is 11.8 Å². The molecule has 2 aliphatic heterocycles. The number of halogens is 1. The molecule has 0 aromatic heterocycles. The number of hydrogen-bond donors (Lipinski definition) is 0. The molecule has 1 fully saturated rings.